The first-order valence-corrected chi connectivity index (χ1v) is 13.1. The van der Waals surface area contributed by atoms with Gasteiger partial charge in [0.05, 0.1) is 16.6 Å². The van der Waals surface area contributed by atoms with Gasteiger partial charge in [0.25, 0.3) is 0 Å². The SMILES string of the molecule is C=c1c2c(C)c3ccccc3cc2n2c3ccccc3c3c(C4CCCCC4)cc(/C=C\C)c1c32. The molecule has 172 valence electrons. The number of allylic oxidation sites excluding steroid dienone is 1. The first kappa shape index (κ1) is 20.8. The summed E-state index contributed by atoms with van der Waals surface area (Å²) in [5, 5.41) is 9.19. The van der Waals surface area contributed by atoms with Crippen molar-refractivity contribution in [3.05, 3.63) is 88.6 Å². The zero-order valence-electron chi connectivity index (χ0n) is 20.7. The molecule has 1 aliphatic rings. The summed E-state index contributed by atoms with van der Waals surface area (Å²) in [5.41, 5.74) is 8.11. The Morgan fingerprint density at radius 3 is 2.37 bits per heavy atom. The van der Waals surface area contributed by atoms with E-state index in [1.54, 1.807) is 5.56 Å². The minimum atomic E-state index is 0.633. The highest BCUT2D eigenvalue weighted by atomic mass is 14.9. The van der Waals surface area contributed by atoms with Gasteiger partial charge in [0.15, 0.2) is 0 Å². The Hall–Kier alpha value is -3.58. The molecule has 1 heteroatoms. The lowest BCUT2D eigenvalue weighted by Crippen LogP contribution is -2.11. The fraction of sp³-hybridized carbons (Fsp3) is 0.235. The predicted octanol–water partition coefficient (Wildman–Crippen LogP) is 9.07. The predicted molar refractivity (Wildman–Crippen MR) is 153 cm³/mol. The number of pyridine rings is 1. The van der Waals surface area contributed by atoms with Gasteiger partial charge in [-0.3, -0.25) is 0 Å². The molecular formula is C34H31N. The second kappa shape index (κ2) is 7.71. The molecule has 35 heavy (non-hydrogen) atoms. The van der Waals surface area contributed by atoms with Gasteiger partial charge in [-0.15, -0.1) is 0 Å². The first-order chi connectivity index (χ1) is 17.2. The second-order valence-corrected chi connectivity index (χ2v) is 10.4. The summed E-state index contributed by atoms with van der Waals surface area (Å²) in [4.78, 5) is 0. The van der Waals surface area contributed by atoms with Gasteiger partial charge in [0, 0.05) is 21.5 Å². The maximum atomic E-state index is 4.76. The van der Waals surface area contributed by atoms with E-state index in [1.165, 1.54) is 92.1 Å². The Morgan fingerprint density at radius 2 is 1.57 bits per heavy atom. The van der Waals surface area contributed by atoms with Crippen LogP contribution in [0.5, 0.6) is 0 Å². The van der Waals surface area contributed by atoms with E-state index in [2.05, 4.69) is 91.1 Å². The second-order valence-electron chi connectivity index (χ2n) is 10.4. The molecular weight excluding hydrogens is 422 g/mol. The van der Waals surface area contributed by atoms with Crippen LogP contribution in [0.15, 0.2) is 66.7 Å². The lowest BCUT2D eigenvalue weighted by molar-refractivity contribution is 0.445. The summed E-state index contributed by atoms with van der Waals surface area (Å²) >= 11 is 0. The van der Waals surface area contributed by atoms with Crippen LogP contribution in [-0.4, -0.2) is 4.40 Å². The van der Waals surface area contributed by atoms with E-state index < -0.39 is 0 Å². The number of hydrogen-bond donors (Lipinski definition) is 0. The third-order valence-electron chi connectivity index (χ3n) is 8.52. The van der Waals surface area contributed by atoms with Gasteiger partial charge < -0.3 is 4.40 Å². The van der Waals surface area contributed by atoms with E-state index in [-0.39, 0.29) is 0 Å². The third kappa shape index (κ3) is 2.82. The van der Waals surface area contributed by atoms with Crippen LogP contribution >= 0.6 is 0 Å². The van der Waals surface area contributed by atoms with Gasteiger partial charge in [-0.25, -0.2) is 0 Å². The molecule has 1 nitrogen and oxygen atoms in total. The van der Waals surface area contributed by atoms with Crippen molar-refractivity contribution in [1.29, 1.82) is 0 Å². The number of hydrogen-bond acceptors (Lipinski definition) is 0. The maximum absolute atomic E-state index is 4.76. The van der Waals surface area contributed by atoms with Crippen LogP contribution in [0, 0.1) is 6.92 Å². The van der Waals surface area contributed by atoms with Crippen molar-refractivity contribution in [2.24, 2.45) is 0 Å². The molecule has 0 amide bonds. The summed E-state index contributed by atoms with van der Waals surface area (Å²) in [7, 11) is 0. The molecule has 1 fully saturated rings. The van der Waals surface area contributed by atoms with E-state index in [9.17, 15) is 0 Å². The minimum absolute atomic E-state index is 0.633. The van der Waals surface area contributed by atoms with Gasteiger partial charge in [-0.2, -0.15) is 0 Å². The summed E-state index contributed by atoms with van der Waals surface area (Å²) in [6, 6.07) is 22.7. The zero-order valence-corrected chi connectivity index (χ0v) is 20.7. The average Bonchev–Trinajstić information content (AvgIpc) is 3.23. The summed E-state index contributed by atoms with van der Waals surface area (Å²) in [6.45, 7) is 9.15. The number of nitrogens with zero attached hydrogens (tertiary/aromatic N) is 1. The number of para-hydroxylation sites is 1. The number of fused-ring (bicyclic) bond motifs is 6. The highest BCUT2D eigenvalue weighted by Gasteiger charge is 2.25. The van der Waals surface area contributed by atoms with Crippen molar-refractivity contribution in [3.63, 3.8) is 0 Å². The molecule has 0 radical (unpaired) electrons. The van der Waals surface area contributed by atoms with Crippen LogP contribution in [0.3, 0.4) is 0 Å². The molecule has 0 unspecified atom stereocenters. The Morgan fingerprint density at radius 1 is 0.829 bits per heavy atom. The van der Waals surface area contributed by atoms with E-state index in [0.717, 1.165) is 5.22 Å². The quantitative estimate of drug-likeness (QED) is 0.230. The molecule has 0 aliphatic heterocycles. The summed E-state index contributed by atoms with van der Waals surface area (Å²) < 4.78 is 2.56. The minimum Gasteiger partial charge on any atom is -0.308 e. The van der Waals surface area contributed by atoms with Gasteiger partial charge in [-0.05, 0) is 77.4 Å². The fourth-order valence-corrected chi connectivity index (χ4v) is 7.02. The van der Waals surface area contributed by atoms with Crippen LogP contribution in [0.1, 0.15) is 61.6 Å². The Kier molecular flexibility index (Phi) is 4.58. The Labute approximate surface area is 206 Å². The molecule has 2 aromatic heterocycles. The largest absolute Gasteiger partial charge is 0.308 e. The molecule has 0 saturated heterocycles. The standard InChI is InChI=1S/C34H31N/c1-4-12-25-19-28(23-13-6-5-7-14-23)33-27-17-10-11-18-29(27)35-30-20-24-15-8-9-16-26(24)21(2)31(30)22(3)32(25)34(33)35/h4,8-12,15-20,23H,3,5-7,13-14H2,1-2H3/b12-4-. The highest BCUT2D eigenvalue weighted by Crippen LogP contribution is 2.44. The molecule has 2 heterocycles. The molecule has 0 spiro atoms. The topological polar surface area (TPSA) is 4.41 Å². The number of aromatic nitrogens is 1. The van der Waals surface area contributed by atoms with E-state index in [0.29, 0.717) is 5.92 Å². The van der Waals surface area contributed by atoms with E-state index >= 15 is 0 Å². The normalized spacial score (nSPS) is 15.6. The third-order valence-corrected chi connectivity index (χ3v) is 8.52. The van der Waals surface area contributed by atoms with E-state index in [4.69, 9.17) is 6.58 Å². The number of benzene rings is 4. The molecule has 7 rings (SSSR count). The van der Waals surface area contributed by atoms with Gasteiger partial charge in [0.2, 0.25) is 0 Å². The summed E-state index contributed by atoms with van der Waals surface area (Å²) in [5.74, 6) is 0.633. The monoisotopic (exact) mass is 453 g/mol. The summed E-state index contributed by atoms with van der Waals surface area (Å²) in [6.07, 6.45) is 11.1. The van der Waals surface area contributed by atoms with Crippen LogP contribution in [0.4, 0.5) is 0 Å². The molecule has 0 N–H and O–H groups in total. The molecule has 1 aliphatic carbocycles. The Balaban J connectivity index is 1.81. The lowest BCUT2D eigenvalue weighted by Gasteiger charge is -2.24. The van der Waals surface area contributed by atoms with Gasteiger partial charge in [0.1, 0.15) is 0 Å². The molecule has 1 saturated carbocycles. The van der Waals surface area contributed by atoms with Crippen molar-refractivity contribution < 1.29 is 0 Å². The van der Waals surface area contributed by atoms with Gasteiger partial charge in [-0.1, -0.05) is 86.5 Å². The lowest BCUT2D eigenvalue weighted by atomic mass is 9.81. The number of rotatable bonds is 2. The Bertz CT molecular complexity index is 1860. The van der Waals surface area contributed by atoms with Crippen LogP contribution in [0.25, 0.3) is 61.5 Å². The highest BCUT2D eigenvalue weighted by molar-refractivity contribution is 6.21. The maximum Gasteiger partial charge on any atom is 0.0628 e. The smallest absolute Gasteiger partial charge is 0.0628 e. The van der Waals surface area contributed by atoms with Crippen molar-refractivity contribution in [2.75, 3.05) is 0 Å². The van der Waals surface area contributed by atoms with E-state index in [1.807, 2.05) is 0 Å². The van der Waals surface area contributed by atoms with Crippen molar-refractivity contribution in [1.82, 2.24) is 4.40 Å². The van der Waals surface area contributed by atoms with Crippen molar-refractivity contribution in [2.45, 2.75) is 51.9 Å². The van der Waals surface area contributed by atoms with Crippen molar-refractivity contribution >= 4 is 61.5 Å². The average molecular weight is 454 g/mol. The molecule has 6 aromatic rings. The number of aryl methyl sites for hydroxylation is 1. The van der Waals surface area contributed by atoms with Gasteiger partial charge >= 0.3 is 0 Å². The zero-order chi connectivity index (χ0) is 23.7. The molecule has 0 bridgehead atoms. The first-order valence-electron chi connectivity index (χ1n) is 13.1. The molecule has 4 aromatic carbocycles. The van der Waals surface area contributed by atoms with Crippen LogP contribution in [0.2, 0.25) is 0 Å². The van der Waals surface area contributed by atoms with Crippen molar-refractivity contribution in [3.8, 4) is 0 Å². The van der Waals surface area contributed by atoms with Crippen LogP contribution in [-0.2, 0) is 0 Å². The molecule has 0 atom stereocenters. The fourth-order valence-electron chi connectivity index (χ4n) is 7.02. The van der Waals surface area contributed by atoms with Crippen LogP contribution < -0.4 is 5.22 Å².